The molecule has 2 rings (SSSR count). The predicted molar refractivity (Wildman–Crippen MR) is 65.5 cm³/mol. The molecule has 1 unspecified atom stereocenters. The lowest BCUT2D eigenvalue weighted by molar-refractivity contribution is 0.805. The highest BCUT2D eigenvalue weighted by atomic mass is 35.5. The Bertz CT molecular complexity index is 365. The highest BCUT2D eigenvalue weighted by Gasteiger charge is 2.17. The molecular formula is C9H13ClN4S. The summed E-state index contributed by atoms with van der Waals surface area (Å²) in [6.07, 6.45) is 1.14. The van der Waals surface area contributed by atoms with Crippen LogP contribution in [0.1, 0.15) is 12.1 Å². The van der Waals surface area contributed by atoms with E-state index in [1.807, 2.05) is 18.7 Å². The van der Waals surface area contributed by atoms with Crippen LogP contribution < -0.4 is 11.1 Å². The Kier molecular flexibility index (Phi) is 3.21. The Morgan fingerprint density at radius 1 is 1.53 bits per heavy atom. The van der Waals surface area contributed by atoms with E-state index in [2.05, 4.69) is 15.3 Å². The van der Waals surface area contributed by atoms with Crippen molar-refractivity contribution in [2.75, 3.05) is 22.6 Å². The van der Waals surface area contributed by atoms with Crippen LogP contribution in [0.2, 0.25) is 5.28 Å². The number of hydrogen-bond acceptors (Lipinski definition) is 5. The van der Waals surface area contributed by atoms with Crippen LogP contribution in [0.3, 0.4) is 0 Å². The van der Waals surface area contributed by atoms with Gasteiger partial charge in [0.05, 0.1) is 11.4 Å². The average molecular weight is 245 g/mol. The molecule has 1 aliphatic heterocycles. The molecule has 6 heteroatoms. The Balaban J connectivity index is 2.19. The number of rotatable bonds is 2. The number of halogens is 1. The Labute approximate surface area is 98.0 Å². The van der Waals surface area contributed by atoms with Gasteiger partial charge in [-0.15, -0.1) is 0 Å². The number of aryl methyl sites for hydroxylation is 1. The third kappa shape index (κ3) is 2.46. The largest absolute Gasteiger partial charge is 0.394 e. The van der Waals surface area contributed by atoms with Gasteiger partial charge in [-0.2, -0.15) is 16.7 Å². The zero-order valence-electron chi connectivity index (χ0n) is 8.46. The van der Waals surface area contributed by atoms with Crippen molar-refractivity contribution in [2.45, 2.75) is 19.4 Å². The second-order valence-corrected chi connectivity index (χ2v) is 5.03. The SMILES string of the molecule is Cc1nc(Cl)nc(NC2CCSC2)c1N. The molecule has 1 atom stereocenters. The number of aromatic nitrogens is 2. The molecule has 0 spiro atoms. The van der Waals surface area contributed by atoms with Gasteiger partial charge in [0.1, 0.15) is 0 Å². The normalized spacial score (nSPS) is 20.5. The molecule has 1 saturated heterocycles. The van der Waals surface area contributed by atoms with Crippen molar-refractivity contribution in [1.82, 2.24) is 9.97 Å². The van der Waals surface area contributed by atoms with Gasteiger partial charge in [-0.1, -0.05) is 0 Å². The number of thioether (sulfide) groups is 1. The molecule has 1 fully saturated rings. The van der Waals surface area contributed by atoms with Crippen molar-refractivity contribution < 1.29 is 0 Å². The van der Waals surface area contributed by atoms with Crippen LogP contribution in [0, 0.1) is 6.92 Å². The Hall–Kier alpha value is -0.680. The topological polar surface area (TPSA) is 63.8 Å². The summed E-state index contributed by atoms with van der Waals surface area (Å²) in [5.41, 5.74) is 7.20. The number of anilines is 2. The molecule has 1 aliphatic rings. The fourth-order valence-electron chi connectivity index (χ4n) is 1.50. The van der Waals surface area contributed by atoms with E-state index in [0.717, 1.165) is 17.9 Å². The molecule has 0 saturated carbocycles. The lowest BCUT2D eigenvalue weighted by Crippen LogP contribution is -2.20. The molecule has 1 aromatic heterocycles. The minimum absolute atomic E-state index is 0.245. The number of nitrogens with zero attached hydrogens (tertiary/aromatic N) is 2. The molecule has 0 aliphatic carbocycles. The minimum atomic E-state index is 0.245. The van der Waals surface area contributed by atoms with Crippen LogP contribution in [0.5, 0.6) is 0 Å². The third-order valence-corrected chi connectivity index (χ3v) is 3.71. The van der Waals surface area contributed by atoms with E-state index in [1.54, 1.807) is 0 Å². The maximum Gasteiger partial charge on any atom is 0.224 e. The number of nitrogens with one attached hydrogen (secondary N) is 1. The molecule has 0 amide bonds. The fraction of sp³-hybridized carbons (Fsp3) is 0.556. The van der Waals surface area contributed by atoms with Crippen LogP contribution in [-0.4, -0.2) is 27.5 Å². The van der Waals surface area contributed by atoms with Crippen LogP contribution in [0.4, 0.5) is 11.5 Å². The van der Waals surface area contributed by atoms with Crippen LogP contribution in [0.15, 0.2) is 0 Å². The molecule has 15 heavy (non-hydrogen) atoms. The number of hydrogen-bond donors (Lipinski definition) is 2. The summed E-state index contributed by atoms with van der Waals surface area (Å²) < 4.78 is 0. The molecule has 4 nitrogen and oxygen atoms in total. The number of nitrogens with two attached hydrogens (primary N) is 1. The van der Waals surface area contributed by atoms with E-state index in [0.29, 0.717) is 17.5 Å². The molecule has 82 valence electrons. The average Bonchev–Trinajstić information content (AvgIpc) is 2.66. The molecular weight excluding hydrogens is 232 g/mol. The smallest absolute Gasteiger partial charge is 0.224 e. The summed E-state index contributed by atoms with van der Waals surface area (Å²) in [5, 5.41) is 3.55. The van der Waals surface area contributed by atoms with Gasteiger partial charge in [-0.25, -0.2) is 4.98 Å². The van der Waals surface area contributed by atoms with Gasteiger partial charge in [0.25, 0.3) is 0 Å². The van der Waals surface area contributed by atoms with E-state index in [1.165, 1.54) is 5.75 Å². The van der Waals surface area contributed by atoms with Crippen molar-refractivity contribution in [1.29, 1.82) is 0 Å². The first-order valence-electron chi connectivity index (χ1n) is 4.80. The second kappa shape index (κ2) is 4.45. The van der Waals surface area contributed by atoms with E-state index in [4.69, 9.17) is 17.3 Å². The third-order valence-electron chi connectivity index (χ3n) is 2.38. The highest BCUT2D eigenvalue weighted by molar-refractivity contribution is 7.99. The molecule has 0 bridgehead atoms. The lowest BCUT2D eigenvalue weighted by Gasteiger charge is -2.14. The number of nitrogen functional groups attached to an aromatic ring is 1. The summed E-state index contributed by atoms with van der Waals surface area (Å²) >= 11 is 7.72. The van der Waals surface area contributed by atoms with Crippen LogP contribution in [0.25, 0.3) is 0 Å². The maximum absolute atomic E-state index is 5.88. The van der Waals surface area contributed by atoms with Crippen molar-refractivity contribution >= 4 is 34.9 Å². The highest BCUT2D eigenvalue weighted by Crippen LogP contribution is 2.25. The second-order valence-electron chi connectivity index (χ2n) is 3.55. The van der Waals surface area contributed by atoms with Gasteiger partial charge in [-0.05, 0) is 30.7 Å². The zero-order valence-corrected chi connectivity index (χ0v) is 10.0. The van der Waals surface area contributed by atoms with Gasteiger partial charge in [0.2, 0.25) is 5.28 Å². The van der Waals surface area contributed by atoms with Crippen molar-refractivity contribution in [3.05, 3.63) is 11.0 Å². The van der Waals surface area contributed by atoms with Crippen molar-refractivity contribution in [3.8, 4) is 0 Å². The van der Waals surface area contributed by atoms with Crippen LogP contribution >= 0.6 is 23.4 Å². The molecule has 2 heterocycles. The van der Waals surface area contributed by atoms with Gasteiger partial charge in [0.15, 0.2) is 5.82 Å². The molecule has 0 radical (unpaired) electrons. The first-order chi connectivity index (χ1) is 7.16. The van der Waals surface area contributed by atoms with E-state index in [9.17, 15) is 0 Å². The predicted octanol–water partition coefficient (Wildman–Crippen LogP) is 1.94. The molecule has 0 aromatic carbocycles. The summed E-state index contributed by atoms with van der Waals surface area (Å²) in [6.45, 7) is 1.83. The van der Waals surface area contributed by atoms with Crippen LogP contribution in [-0.2, 0) is 0 Å². The maximum atomic E-state index is 5.88. The van der Waals surface area contributed by atoms with E-state index < -0.39 is 0 Å². The summed E-state index contributed by atoms with van der Waals surface area (Å²) in [4.78, 5) is 8.10. The van der Waals surface area contributed by atoms with Gasteiger partial charge in [0, 0.05) is 11.8 Å². The van der Waals surface area contributed by atoms with Gasteiger partial charge in [-0.3, -0.25) is 0 Å². The lowest BCUT2D eigenvalue weighted by atomic mass is 10.2. The Morgan fingerprint density at radius 3 is 3.00 bits per heavy atom. The zero-order chi connectivity index (χ0) is 10.8. The Morgan fingerprint density at radius 2 is 2.33 bits per heavy atom. The first kappa shape index (κ1) is 10.8. The minimum Gasteiger partial charge on any atom is -0.394 e. The van der Waals surface area contributed by atoms with Gasteiger partial charge < -0.3 is 11.1 Å². The monoisotopic (exact) mass is 244 g/mol. The molecule has 1 aromatic rings. The summed E-state index contributed by atoms with van der Waals surface area (Å²) in [7, 11) is 0. The van der Waals surface area contributed by atoms with E-state index >= 15 is 0 Å². The first-order valence-corrected chi connectivity index (χ1v) is 6.34. The van der Waals surface area contributed by atoms with E-state index in [-0.39, 0.29) is 5.28 Å². The summed E-state index contributed by atoms with van der Waals surface area (Å²) in [6, 6.07) is 0.447. The molecule has 3 N–H and O–H groups in total. The van der Waals surface area contributed by atoms with Gasteiger partial charge >= 0.3 is 0 Å². The standard InChI is InChI=1S/C9H13ClN4S/c1-5-7(11)8(14-9(10)12-5)13-6-2-3-15-4-6/h6H,2-4,11H2,1H3,(H,12,13,14). The van der Waals surface area contributed by atoms with Crippen molar-refractivity contribution in [3.63, 3.8) is 0 Å². The van der Waals surface area contributed by atoms with Crippen molar-refractivity contribution in [2.24, 2.45) is 0 Å². The fourth-order valence-corrected chi connectivity index (χ4v) is 2.86. The summed E-state index contributed by atoms with van der Waals surface area (Å²) in [5.74, 6) is 2.95. The quantitative estimate of drug-likeness (QED) is 0.779.